The van der Waals surface area contributed by atoms with E-state index in [4.69, 9.17) is 0 Å². The smallest absolute Gasteiger partial charge is 0.251 e. The highest BCUT2D eigenvalue weighted by Gasteiger charge is 2.26. The first kappa shape index (κ1) is 19.2. The number of amides is 1. The SMILES string of the molecule is O=C(N[C@H]1CCCc2ccccc21)c1ccc(CS(=O)(=O)N2CCCC2)cc1. The molecule has 5 nitrogen and oxygen atoms in total. The summed E-state index contributed by atoms with van der Waals surface area (Å²) in [6, 6.07) is 15.2. The highest BCUT2D eigenvalue weighted by atomic mass is 32.2. The van der Waals surface area contributed by atoms with Crippen molar-refractivity contribution in [3.8, 4) is 0 Å². The minimum absolute atomic E-state index is 0.00903. The number of nitrogens with one attached hydrogen (secondary N) is 1. The van der Waals surface area contributed by atoms with Crippen LogP contribution in [0.1, 0.15) is 58.8 Å². The van der Waals surface area contributed by atoms with Crippen LogP contribution in [0.2, 0.25) is 0 Å². The Kier molecular flexibility index (Phi) is 5.51. The lowest BCUT2D eigenvalue weighted by molar-refractivity contribution is 0.0932. The molecule has 2 aromatic rings. The Bertz CT molecular complexity index is 948. The van der Waals surface area contributed by atoms with Gasteiger partial charge in [-0.05, 0) is 60.9 Å². The van der Waals surface area contributed by atoms with Crippen molar-refractivity contribution in [2.45, 2.75) is 43.9 Å². The van der Waals surface area contributed by atoms with Crippen LogP contribution in [0.15, 0.2) is 48.5 Å². The number of aryl methyl sites for hydroxylation is 1. The Morgan fingerprint density at radius 1 is 1.00 bits per heavy atom. The summed E-state index contributed by atoms with van der Waals surface area (Å²) in [5, 5.41) is 3.14. The predicted octanol–water partition coefficient (Wildman–Crippen LogP) is 3.42. The Morgan fingerprint density at radius 3 is 2.46 bits per heavy atom. The first-order chi connectivity index (χ1) is 13.5. The van der Waals surface area contributed by atoms with E-state index < -0.39 is 10.0 Å². The van der Waals surface area contributed by atoms with Crippen LogP contribution in [-0.4, -0.2) is 31.7 Å². The number of nitrogens with zero attached hydrogens (tertiary/aromatic N) is 1. The number of hydrogen-bond donors (Lipinski definition) is 1. The number of hydrogen-bond acceptors (Lipinski definition) is 3. The Balaban J connectivity index is 1.42. The molecule has 0 unspecified atom stereocenters. The van der Waals surface area contributed by atoms with E-state index in [9.17, 15) is 13.2 Å². The van der Waals surface area contributed by atoms with Gasteiger partial charge in [-0.1, -0.05) is 36.4 Å². The first-order valence-electron chi connectivity index (χ1n) is 9.98. The molecule has 1 N–H and O–H groups in total. The van der Waals surface area contributed by atoms with Crippen LogP contribution in [0, 0.1) is 0 Å². The highest BCUT2D eigenvalue weighted by molar-refractivity contribution is 7.88. The number of sulfonamides is 1. The van der Waals surface area contributed by atoms with Crippen molar-refractivity contribution >= 4 is 15.9 Å². The maximum Gasteiger partial charge on any atom is 0.251 e. The quantitative estimate of drug-likeness (QED) is 0.839. The summed E-state index contributed by atoms with van der Waals surface area (Å²) in [5.74, 6) is -0.124. The number of carbonyl (C=O) groups excluding carboxylic acids is 1. The second-order valence-electron chi connectivity index (χ2n) is 7.68. The molecule has 1 saturated heterocycles. The van der Waals surface area contributed by atoms with Crippen molar-refractivity contribution in [1.82, 2.24) is 9.62 Å². The van der Waals surface area contributed by atoms with Crippen molar-refractivity contribution in [2.75, 3.05) is 13.1 Å². The molecular weight excluding hydrogens is 372 g/mol. The van der Waals surface area contributed by atoms with E-state index in [1.165, 1.54) is 11.1 Å². The van der Waals surface area contributed by atoms with Crippen molar-refractivity contribution < 1.29 is 13.2 Å². The fourth-order valence-corrected chi connectivity index (χ4v) is 5.78. The highest BCUT2D eigenvalue weighted by Crippen LogP contribution is 2.29. The van der Waals surface area contributed by atoms with Gasteiger partial charge >= 0.3 is 0 Å². The van der Waals surface area contributed by atoms with Gasteiger partial charge < -0.3 is 5.32 Å². The van der Waals surface area contributed by atoms with Crippen LogP contribution >= 0.6 is 0 Å². The van der Waals surface area contributed by atoms with Crippen molar-refractivity contribution in [3.63, 3.8) is 0 Å². The van der Waals surface area contributed by atoms with Gasteiger partial charge in [0, 0.05) is 18.7 Å². The minimum atomic E-state index is -3.27. The summed E-state index contributed by atoms with van der Waals surface area (Å²) in [4.78, 5) is 12.7. The summed E-state index contributed by atoms with van der Waals surface area (Å²) < 4.78 is 26.5. The summed E-state index contributed by atoms with van der Waals surface area (Å²) in [6.07, 6.45) is 4.93. The molecule has 1 aliphatic heterocycles. The second-order valence-corrected chi connectivity index (χ2v) is 9.65. The largest absolute Gasteiger partial charge is 0.345 e. The number of fused-ring (bicyclic) bond motifs is 1. The molecule has 1 aliphatic carbocycles. The summed E-state index contributed by atoms with van der Waals surface area (Å²) in [5.41, 5.74) is 3.79. The van der Waals surface area contributed by atoms with Crippen LogP contribution in [0.25, 0.3) is 0 Å². The van der Waals surface area contributed by atoms with Gasteiger partial charge in [0.25, 0.3) is 5.91 Å². The fourth-order valence-electron chi connectivity index (χ4n) is 4.17. The molecule has 0 aromatic heterocycles. The molecule has 28 heavy (non-hydrogen) atoms. The number of carbonyl (C=O) groups is 1. The van der Waals surface area contributed by atoms with E-state index in [0.717, 1.165) is 32.1 Å². The van der Waals surface area contributed by atoms with Crippen LogP contribution in [0.4, 0.5) is 0 Å². The molecule has 6 heteroatoms. The summed E-state index contributed by atoms with van der Waals surface area (Å²) >= 11 is 0. The normalized spacial score (nSPS) is 19.9. The Hall–Kier alpha value is -2.18. The van der Waals surface area contributed by atoms with Gasteiger partial charge in [-0.3, -0.25) is 4.79 Å². The van der Waals surface area contributed by atoms with Gasteiger partial charge in [0.15, 0.2) is 0 Å². The van der Waals surface area contributed by atoms with Crippen LogP contribution in [0.3, 0.4) is 0 Å². The van der Waals surface area contributed by atoms with Gasteiger partial charge in [-0.2, -0.15) is 0 Å². The molecule has 1 heterocycles. The molecule has 2 aromatic carbocycles. The van der Waals surface area contributed by atoms with Crippen LogP contribution in [0.5, 0.6) is 0 Å². The molecule has 0 spiro atoms. The third kappa shape index (κ3) is 4.13. The van der Waals surface area contributed by atoms with Crippen LogP contribution < -0.4 is 5.32 Å². The molecule has 1 amide bonds. The van der Waals surface area contributed by atoms with E-state index in [0.29, 0.717) is 24.2 Å². The van der Waals surface area contributed by atoms with E-state index in [-0.39, 0.29) is 17.7 Å². The lowest BCUT2D eigenvalue weighted by atomic mass is 9.87. The molecule has 4 rings (SSSR count). The van der Waals surface area contributed by atoms with Crippen molar-refractivity contribution in [2.24, 2.45) is 0 Å². The van der Waals surface area contributed by atoms with E-state index in [1.807, 2.05) is 12.1 Å². The molecule has 1 atom stereocenters. The molecule has 1 fully saturated rings. The zero-order valence-electron chi connectivity index (χ0n) is 15.9. The Labute approximate surface area is 166 Å². The average molecular weight is 399 g/mol. The lowest BCUT2D eigenvalue weighted by Gasteiger charge is -2.26. The molecule has 0 saturated carbocycles. The Morgan fingerprint density at radius 2 is 1.71 bits per heavy atom. The predicted molar refractivity (Wildman–Crippen MR) is 109 cm³/mol. The topological polar surface area (TPSA) is 66.5 Å². The van der Waals surface area contributed by atoms with E-state index in [1.54, 1.807) is 28.6 Å². The third-order valence-electron chi connectivity index (χ3n) is 5.70. The summed E-state index contributed by atoms with van der Waals surface area (Å²) in [7, 11) is -3.27. The standard InChI is InChI=1S/C22H26N2O3S/c25-22(23-21-9-5-7-18-6-1-2-8-20(18)21)19-12-10-17(11-13-19)16-28(26,27)24-14-3-4-15-24/h1-2,6,8,10-13,21H,3-5,7,9,14-16H2,(H,23,25)/t21-/m0/s1. The maximum atomic E-state index is 12.7. The molecule has 148 valence electrons. The number of rotatable bonds is 5. The minimum Gasteiger partial charge on any atom is -0.345 e. The van der Waals surface area contributed by atoms with Crippen molar-refractivity contribution in [1.29, 1.82) is 0 Å². The number of benzene rings is 2. The average Bonchev–Trinajstić information content (AvgIpc) is 3.24. The van der Waals surface area contributed by atoms with Gasteiger partial charge in [0.1, 0.15) is 0 Å². The zero-order valence-corrected chi connectivity index (χ0v) is 16.7. The maximum absolute atomic E-state index is 12.7. The fraction of sp³-hybridized carbons (Fsp3) is 0.409. The van der Waals surface area contributed by atoms with E-state index in [2.05, 4.69) is 17.4 Å². The van der Waals surface area contributed by atoms with E-state index >= 15 is 0 Å². The molecule has 0 bridgehead atoms. The summed E-state index contributed by atoms with van der Waals surface area (Å²) in [6.45, 7) is 1.23. The first-order valence-corrected chi connectivity index (χ1v) is 11.6. The molecule has 0 radical (unpaired) electrons. The van der Waals surface area contributed by atoms with Crippen LogP contribution in [-0.2, 0) is 22.2 Å². The van der Waals surface area contributed by atoms with Gasteiger partial charge in [0.2, 0.25) is 10.0 Å². The van der Waals surface area contributed by atoms with Gasteiger partial charge in [0.05, 0.1) is 11.8 Å². The second kappa shape index (κ2) is 8.05. The van der Waals surface area contributed by atoms with Gasteiger partial charge in [-0.25, -0.2) is 12.7 Å². The van der Waals surface area contributed by atoms with Crippen molar-refractivity contribution in [3.05, 3.63) is 70.8 Å². The zero-order chi connectivity index (χ0) is 19.6. The molecule has 2 aliphatic rings. The lowest BCUT2D eigenvalue weighted by Crippen LogP contribution is -2.31. The molecular formula is C22H26N2O3S. The third-order valence-corrected chi connectivity index (χ3v) is 7.55. The monoisotopic (exact) mass is 398 g/mol. The van der Waals surface area contributed by atoms with Gasteiger partial charge in [-0.15, -0.1) is 0 Å².